The highest BCUT2D eigenvalue weighted by Crippen LogP contribution is 2.34. The summed E-state index contributed by atoms with van der Waals surface area (Å²) in [5.41, 5.74) is 4.11. The molecule has 0 saturated carbocycles. The monoisotopic (exact) mass is 415 g/mol. The van der Waals surface area contributed by atoms with Gasteiger partial charge in [0.1, 0.15) is 0 Å². The predicted octanol–water partition coefficient (Wildman–Crippen LogP) is 5.84. The Balaban J connectivity index is 1.73. The second kappa shape index (κ2) is 8.51. The van der Waals surface area contributed by atoms with Crippen molar-refractivity contribution >= 4 is 39.0 Å². The number of thiophene rings is 1. The number of hydrogen-bond donors (Lipinski definition) is 1. The van der Waals surface area contributed by atoms with Gasteiger partial charge in [0.05, 0.1) is 23.2 Å². The van der Waals surface area contributed by atoms with Crippen LogP contribution in [0.2, 0.25) is 0 Å². The van der Waals surface area contributed by atoms with E-state index in [1.54, 1.807) is 24.3 Å². The minimum atomic E-state index is -0.484. The van der Waals surface area contributed by atoms with Crippen molar-refractivity contribution in [1.82, 2.24) is 0 Å². The van der Waals surface area contributed by atoms with Crippen molar-refractivity contribution in [1.29, 1.82) is 0 Å². The number of aryl methyl sites for hydroxylation is 1. The van der Waals surface area contributed by atoms with E-state index in [-0.39, 0.29) is 5.91 Å². The largest absolute Gasteiger partial charge is 0.465 e. The van der Waals surface area contributed by atoms with Crippen LogP contribution in [0.25, 0.3) is 10.1 Å². The van der Waals surface area contributed by atoms with Gasteiger partial charge in [-0.05, 0) is 48.1 Å². The summed E-state index contributed by atoms with van der Waals surface area (Å²) < 4.78 is 5.90. The second-order valence-corrected chi connectivity index (χ2v) is 8.11. The fourth-order valence-corrected chi connectivity index (χ4v) is 4.54. The topological polar surface area (TPSA) is 55.4 Å². The highest BCUT2D eigenvalue weighted by molar-refractivity contribution is 7.21. The number of benzene rings is 3. The first-order chi connectivity index (χ1) is 14.6. The minimum Gasteiger partial charge on any atom is -0.465 e. The number of anilines is 1. The highest BCUT2D eigenvalue weighted by atomic mass is 32.1. The van der Waals surface area contributed by atoms with Crippen LogP contribution < -0.4 is 5.32 Å². The molecule has 0 bridgehead atoms. The molecule has 0 aliphatic carbocycles. The molecule has 1 aromatic heterocycles. The predicted molar refractivity (Wildman–Crippen MR) is 122 cm³/mol. The smallest absolute Gasteiger partial charge is 0.339 e. The van der Waals surface area contributed by atoms with Gasteiger partial charge in [0.2, 0.25) is 0 Å². The maximum absolute atomic E-state index is 13.3. The number of esters is 1. The maximum atomic E-state index is 13.3. The molecule has 0 saturated heterocycles. The first-order valence-corrected chi connectivity index (χ1v) is 10.4. The summed E-state index contributed by atoms with van der Waals surface area (Å²) in [4.78, 5) is 26.0. The molecule has 150 valence electrons. The average molecular weight is 416 g/mol. The summed E-state index contributed by atoms with van der Waals surface area (Å²) in [5.74, 6) is -0.711. The molecule has 5 heteroatoms. The van der Waals surface area contributed by atoms with Crippen LogP contribution >= 0.6 is 11.3 Å². The van der Waals surface area contributed by atoms with Gasteiger partial charge >= 0.3 is 5.97 Å². The second-order valence-electron chi connectivity index (χ2n) is 7.06. The Kier molecular flexibility index (Phi) is 5.63. The van der Waals surface area contributed by atoms with Crippen molar-refractivity contribution in [3.63, 3.8) is 0 Å². The number of nitrogens with one attached hydrogen (secondary N) is 1. The zero-order valence-corrected chi connectivity index (χ0v) is 17.6. The Morgan fingerprint density at radius 1 is 0.933 bits per heavy atom. The average Bonchev–Trinajstić information content (AvgIpc) is 3.14. The maximum Gasteiger partial charge on any atom is 0.339 e. The van der Waals surface area contributed by atoms with Crippen molar-refractivity contribution in [2.75, 3.05) is 12.4 Å². The van der Waals surface area contributed by atoms with Crippen LogP contribution in [0.3, 0.4) is 0 Å². The number of rotatable bonds is 5. The van der Waals surface area contributed by atoms with Gasteiger partial charge in [0, 0.05) is 4.70 Å². The Labute approximate surface area is 179 Å². The lowest BCUT2D eigenvalue weighted by molar-refractivity contribution is 0.0602. The number of amides is 1. The van der Waals surface area contributed by atoms with Gasteiger partial charge in [-0.15, -0.1) is 11.3 Å². The zero-order chi connectivity index (χ0) is 21.1. The molecule has 0 aliphatic heterocycles. The van der Waals surface area contributed by atoms with Gasteiger partial charge < -0.3 is 10.1 Å². The molecule has 0 unspecified atom stereocenters. The van der Waals surface area contributed by atoms with Crippen molar-refractivity contribution < 1.29 is 14.3 Å². The molecule has 4 nitrogen and oxygen atoms in total. The van der Waals surface area contributed by atoms with Crippen molar-refractivity contribution in [2.45, 2.75) is 13.3 Å². The van der Waals surface area contributed by atoms with Crippen LogP contribution in [-0.2, 0) is 11.2 Å². The molecule has 0 aliphatic rings. The molecule has 1 N–H and O–H groups in total. The standard InChI is InChI=1S/C25H21NO3S/c1-16-11-13-17(14-12-16)15-20-18-7-4-6-10-22(18)30-23(20)24(27)26-21-9-5-3-8-19(21)25(28)29-2/h3-14H,15H2,1-2H3,(H,26,27). The SMILES string of the molecule is COC(=O)c1ccccc1NC(=O)c1sc2ccccc2c1Cc1ccc(C)cc1. The van der Waals surface area contributed by atoms with Crippen molar-refractivity contribution in [2.24, 2.45) is 0 Å². The Morgan fingerprint density at radius 2 is 1.63 bits per heavy atom. The molecule has 1 heterocycles. The molecule has 3 aromatic carbocycles. The van der Waals surface area contributed by atoms with E-state index in [9.17, 15) is 9.59 Å². The highest BCUT2D eigenvalue weighted by Gasteiger charge is 2.21. The van der Waals surface area contributed by atoms with Gasteiger partial charge in [-0.2, -0.15) is 0 Å². The lowest BCUT2D eigenvalue weighted by Gasteiger charge is -2.10. The number of carbonyl (C=O) groups excluding carboxylic acids is 2. The summed E-state index contributed by atoms with van der Waals surface area (Å²) in [6.45, 7) is 2.06. The van der Waals surface area contributed by atoms with Crippen LogP contribution in [0, 0.1) is 6.92 Å². The van der Waals surface area contributed by atoms with Gasteiger partial charge in [-0.1, -0.05) is 60.2 Å². The van der Waals surface area contributed by atoms with E-state index < -0.39 is 5.97 Å². The van der Waals surface area contributed by atoms with E-state index in [0.717, 1.165) is 21.2 Å². The minimum absolute atomic E-state index is 0.227. The molecule has 1 amide bonds. The van der Waals surface area contributed by atoms with Crippen LogP contribution in [0.15, 0.2) is 72.8 Å². The van der Waals surface area contributed by atoms with E-state index in [1.165, 1.54) is 24.0 Å². The number of para-hydroxylation sites is 1. The van der Waals surface area contributed by atoms with E-state index in [1.807, 2.05) is 18.2 Å². The molecule has 30 heavy (non-hydrogen) atoms. The van der Waals surface area contributed by atoms with Crippen LogP contribution in [0.1, 0.15) is 36.7 Å². The van der Waals surface area contributed by atoms with Crippen molar-refractivity contribution in [3.8, 4) is 0 Å². The molecule has 0 fully saturated rings. The zero-order valence-electron chi connectivity index (χ0n) is 16.8. The number of fused-ring (bicyclic) bond motifs is 1. The Hall–Kier alpha value is -3.44. The first kappa shape index (κ1) is 19.9. The van der Waals surface area contributed by atoms with E-state index >= 15 is 0 Å². The molecule has 4 rings (SSSR count). The summed E-state index contributed by atoms with van der Waals surface area (Å²) in [6, 6.07) is 23.2. The van der Waals surface area contributed by atoms with Crippen molar-refractivity contribution in [3.05, 3.63) is 99.9 Å². The summed E-state index contributed by atoms with van der Waals surface area (Å²) >= 11 is 1.47. The number of methoxy groups -OCH3 is 1. The number of ether oxygens (including phenoxy) is 1. The van der Waals surface area contributed by atoms with E-state index in [2.05, 4.69) is 42.6 Å². The quantitative estimate of drug-likeness (QED) is 0.417. The Bertz CT molecular complexity index is 1220. The first-order valence-electron chi connectivity index (χ1n) is 9.61. The van der Waals surface area contributed by atoms with Gasteiger partial charge in [-0.3, -0.25) is 4.79 Å². The van der Waals surface area contributed by atoms with Crippen LogP contribution in [0.4, 0.5) is 5.69 Å². The summed E-state index contributed by atoms with van der Waals surface area (Å²) in [6.07, 6.45) is 0.658. The third kappa shape index (κ3) is 3.98. The van der Waals surface area contributed by atoms with Crippen LogP contribution in [-0.4, -0.2) is 19.0 Å². The molecule has 0 spiro atoms. The lowest BCUT2D eigenvalue weighted by Crippen LogP contribution is -2.15. The third-order valence-corrected chi connectivity index (χ3v) is 6.20. The normalized spacial score (nSPS) is 10.7. The third-order valence-electron chi connectivity index (χ3n) is 4.99. The van der Waals surface area contributed by atoms with E-state index in [4.69, 9.17) is 4.74 Å². The van der Waals surface area contributed by atoms with Crippen LogP contribution in [0.5, 0.6) is 0 Å². The number of hydrogen-bond acceptors (Lipinski definition) is 4. The lowest BCUT2D eigenvalue weighted by atomic mass is 10.0. The molecular formula is C25H21NO3S. The van der Waals surface area contributed by atoms with E-state index in [0.29, 0.717) is 22.5 Å². The summed E-state index contributed by atoms with van der Waals surface area (Å²) in [5, 5.41) is 3.99. The fraction of sp³-hybridized carbons (Fsp3) is 0.120. The summed E-state index contributed by atoms with van der Waals surface area (Å²) in [7, 11) is 1.33. The number of carbonyl (C=O) groups is 2. The molecular weight excluding hydrogens is 394 g/mol. The Morgan fingerprint density at radius 3 is 2.40 bits per heavy atom. The molecule has 4 aromatic rings. The molecule has 0 atom stereocenters. The van der Waals surface area contributed by atoms with Gasteiger partial charge in [0.25, 0.3) is 5.91 Å². The fourth-order valence-electron chi connectivity index (χ4n) is 3.43. The van der Waals surface area contributed by atoms with Gasteiger partial charge in [0.15, 0.2) is 0 Å². The van der Waals surface area contributed by atoms with Gasteiger partial charge in [-0.25, -0.2) is 4.79 Å². The molecule has 0 radical (unpaired) electrons.